The molecule has 1 aliphatic carbocycles. The zero-order chi connectivity index (χ0) is 25.2. The Morgan fingerprint density at radius 3 is 2.69 bits per heavy atom. The maximum absolute atomic E-state index is 13.9. The van der Waals surface area contributed by atoms with Gasteiger partial charge in [-0.3, -0.25) is 9.36 Å². The van der Waals surface area contributed by atoms with Crippen LogP contribution in [0.15, 0.2) is 71.2 Å². The summed E-state index contributed by atoms with van der Waals surface area (Å²) in [5.74, 6) is 0.637. The van der Waals surface area contributed by atoms with Crippen LogP contribution in [-0.4, -0.2) is 40.4 Å². The topological polar surface area (TPSA) is 99.4 Å². The summed E-state index contributed by atoms with van der Waals surface area (Å²) >= 11 is 6.10. The van der Waals surface area contributed by atoms with Crippen LogP contribution in [0.2, 0.25) is 5.02 Å². The number of halogens is 1. The molecule has 1 aromatic heterocycles. The van der Waals surface area contributed by atoms with Gasteiger partial charge in [-0.15, -0.1) is 0 Å². The van der Waals surface area contributed by atoms with E-state index in [0.717, 1.165) is 5.56 Å². The highest BCUT2D eigenvalue weighted by Crippen LogP contribution is 2.30. The highest BCUT2D eigenvalue weighted by Gasteiger charge is 2.22. The molecule has 2 aliphatic rings. The van der Waals surface area contributed by atoms with Crippen molar-refractivity contribution in [1.82, 2.24) is 9.88 Å². The van der Waals surface area contributed by atoms with Crippen LogP contribution in [-0.2, 0) is 4.74 Å². The number of nitrogens with one attached hydrogen (secondary N) is 3. The number of nitrogens with zero attached hydrogens (tertiary/aromatic N) is 1. The second kappa shape index (κ2) is 10.1. The zero-order valence-corrected chi connectivity index (χ0v) is 20.7. The van der Waals surface area contributed by atoms with Gasteiger partial charge in [0, 0.05) is 41.1 Å². The third-order valence-corrected chi connectivity index (χ3v) is 5.80. The SMILES string of the molecule is CCOC1C=Cc2cc(C3=C/C(=C/NCC(C)(C)O)C(=N)C=C3)c(=O)n(-c3ccc(Cl)cc3)c2N1. The molecule has 1 aromatic carbocycles. The summed E-state index contributed by atoms with van der Waals surface area (Å²) in [5.41, 5.74) is 2.53. The van der Waals surface area contributed by atoms with Gasteiger partial charge in [0.05, 0.1) is 17.0 Å². The van der Waals surface area contributed by atoms with Crippen molar-refractivity contribution in [1.29, 1.82) is 5.41 Å². The van der Waals surface area contributed by atoms with Gasteiger partial charge in [-0.25, -0.2) is 0 Å². The van der Waals surface area contributed by atoms with Crippen molar-refractivity contribution < 1.29 is 9.84 Å². The molecular formula is C27H29ClN4O3. The molecule has 1 aliphatic heterocycles. The lowest BCUT2D eigenvalue weighted by atomic mass is 9.94. The monoisotopic (exact) mass is 492 g/mol. The Balaban J connectivity index is 1.82. The van der Waals surface area contributed by atoms with Gasteiger partial charge >= 0.3 is 0 Å². The van der Waals surface area contributed by atoms with Crippen LogP contribution in [0.4, 0.5) is 5.82 Å². The van der Waals surface area contributed by atoms with E-state index in [9.17, 15) is 9.90 Å². The van der Waals surface area contributed by atoms with Crippen LogP contribution < -0.4 is 16.2 Å². The molecule has 4 N–H and O–H groups in total. The Hall–Kier alpha value is -3.39. The normalized spacial score (nSPS) is 18.3. The number of pyridine rings is 1. The van der Waals surface area contributed by atoms with Crippen LogP contribution in [0.5, 0.6) is 0 Å². The van der Waals surface area contributed by atoms with Crippen molar-refractivity contribution in [3.8, 4) is 5.69 Å². The van der Waals surface area contributed by atoms with Gasteiger partial charge in [0.15, 0.2) is 0 Å². The van der Waals surface area contributed by atoms with Gasteiger partial charge < -0.3 is 25.9 Å². The maximum Gasteiger partial charge on any atom is 0.264 e. The van der Waals surface area contributed by atoms with Gasteiger partial charge in [0.2, 0.25) is 0 Å². The number of allylic oxidation sites excluding steroid dienone is 5. The van der Waals surface area contributed by atoms with Crippen LogP contribution in [0.3, 0.4) is 0 Å². The summed E-state index contributed by atoms with van der Waals surface area (Å²) in [6.45, 7) is 6.18. The number of ether oxygens (including phenoxy) is 1. The highest BCUT2D eigenvalue weighted by atomic mass is 35.5. The fourth-order valence-electron chi connectivity index (χ4n) is 3.87. The van der Waals surface area contributed by atoms with Gasteiger partial charge in [0.25, 0.3) is 5.56 Å². The van der Waals surface area contributed by atoms with E-state index < -0.39 is 5.60 Å². The van der Waals surface area contributed by atoms with Crippen molar-refractivity contribution in [2.24, 2.45) is 0 Å². The van der Waals surface area contributed by atoms with E-state index >= 15 is 0 Å². The van der Waals surface area contributed by atoms with Crippen LogP contribution in [0, 0.1) is 5.41 Å². The van der Waals surface area contributed by atoms with E-state index in [1.807, 2.05) is 25.1 Å². The molecular weight excluding hydrogens is 464 g/mol. The van der Waals surface area contributed by atoms with E-state index in [-0.39, 0.29) is 11.8 Å². The molecule has 0 amide bonds. The first-order valence-electron chi connectivity index (χ1n) is 11.4. The minimum Gasteiger partial charge on any atom is -0.389 e. The second-order valence-electron chi connectivity index (χ2n) is 9.00. The van der Waals surface area contributed by atoms with Gasteiger partial charge in [-0.2, -0.15) is 0 Å². The van der Waals surface area contributed by atoms with E-state index in [4.69, 9.17) is 21.7 Å². The number of hydrogen-bond acceptors (Lipinski definition) is 6. The maximum atomic E-state index is 13.9. The molecule has 0 radical (unpaired) electrons. The van der Waals surface area contributed by atoms with E-state index in [0.29, 0.717) is 52.1 Å². The molecule has 8 heteroatoms. The fourth-order valence-corrected chi connectivity index (χ4v) is 3.99. The summed E-state index contributed by atoms with van der Waals surface area (Å²) in [4.78, 5) is 13.9. The molecule has 1 unspecified atom stereocenters. The minimum absolute atomic E-state index is 0.211. The molecule has 4 rings (SSSR count). The first-order chi connectivity index (χ1) is 16.7. The van der Waals surface area contributed by atoms with Crippen molar-refractivity contribution in [2.45, 2.75) is 32.6 Å². The van der Waals surface area contributed by atoms with Crippen molar-refractivity contribution in [3.63, 3.8) is 0 Å². The van der Waals surface area contributed by atoms with Crippen LogP contribution >= 0.6 is 11.6 Å². The Bertz CT molecular complexity index is 1310. The lowest BCUT2D eigenvalue weighted by Crippen LogP contribution is -2.32. The van der Waals surface area contributed by atoms with Crippen molar-refractivity contribution >= 4 is 34.8 Å². The number of benzene rings is 1. The molecule has 0 bridgehead atoms. The average Bonchev–Trinajstić information content (AvgIpc) is 2.80. The standard InChI is InChI=1S/C27H29ClN4O3/c1-4-35-24-12-6-18-14-22(17-5-11-23(29)19(13-17)15-30-16-27(2,3)34)26(33)32(25(18)31-24)21-9-7-20(28)8-10-21/h5-15,24,29-31,34H,4,16H2,1-3H3/b19-15-,29-23?. The molecule has 35 heavy (non-hydrogen) atoms. The lowest BCUT2D eigenvalue weighted by molar-refractivity contribution is 0.0835. The van der Waals surface area contributed by atoms with E-state index in [1.165, 1.54) is 0 Å². The zero-order valence-electron chi connectivity index (χ0n) is 19.9. The fraction of sp³-hybridized carbons (Fsp3) is 0.259. The Labute approximate surface area is 209 Å². The number of fused-ring (bicyclic) bond motifs is 1. The molecule has 7 nitrogen and oxygen atoms in total. The smallest absolute Gasteiger partial charge is 0.264 e. The number of hydrogen-bond donors (Lipinski definition) is 4. The Kier molecular flexibility index (Phi) is 7.12. The number of aliphatic hydroxyl groups is 1. The van der Waals surface area contributed by atoms with Crippen LogP contribution in [0.25, 0.3) is 17.3 Å². The third-order valence-electron chi connectivity index (χ3n) is 5.55. The van der Waals surface area contributed by atoms with Gasteiger partial charge in [-0.05, 0) is 74.9 Å². The quantitative estimate of drug-likeness (QED) is 0.456. The number of anilines is 1. The van der Waals surface area contributed by atoms with Gasteiger partial charge in [0.1, 0.15) is 12.0 Å². The molecule has 1 atom stereocenters. The number of rotatable bonds is 7. The van der Waals surface area contributed by atoms with Gasteiger partial charge in [-0.1, -0.05) is 23.8 Å². The summed E-state index contributed by atoms with van der Waals surface area (Å²) in [6, 6.07) is 8.95. The second-order valence-corrected chi connectivity index (χ2v) is 9.43. The molecule has 0 spiro atoms. The lowest BCUT2D eigenvalue weighted by Gasteiger charge is -2.26. The summed E-state index contributed by atoms with van der Waals surface area (Å²) in [7, 11) is 0. The average molecular weight is 493 g/mol. The predicted octanol–water partition coefficient (Wildman–Crippen LogP) is 4.51. The first kappa shape index (κ1) is 24.7. The van der Waals surface area contributed by atoms with Crippen molar-refractivity contribution in [3.05, 3.63) is 92.9 Å². The summed E-state index contributed by atoms with van der Waals surface area (Å²) in [6.07, 6.45) is 10.4. The summed E-state index contributed by atoms with van der Waals surface area (Å²) in [5, 5.41) is 25.2. The first-order valence-corrected chi connectivity index (χ1v) is 11.8. The third kappa shape index (κ3) is 5.65. The van der Waals surface area contributed by atoms with E-state index in [2.05, 4.69) is 10.6 Å². The molecule has 0 saturated carbocycles. The Morgan fingerprint density at radius 1 is 1.26 bits per heavy atom. The summed E-state index contributed by atoms with van der Waals surface area (Å²) < 4.78 is 7.34. The molecule has 182 valence electrons. The largest absolute Gasteiger partial charge is 0.389 e. The molecule has 2 aromatic rings. The molecule has 0 fully saturated rings. The minimum atomic E-state index is -0.889. The molecule has 0 saturated heterocycles. The highest BCUT2D eigenvalue weighted by molar-refractivity contribution is 6.30. The molecule has 2 heterocycles. The van der Waals surface area contributed by atoms with Crippen LogP contribution in [0.1, 0.15) is 31.9 Å². The Morgan fingerprint density at radius 2 is 2.00 bits per heavy atom. The van der Waals surface area contributed by atoms with E-state index in [1.54, 1.807) is 67.1 Å². The predicted molar refractivity (Wildman–Crippen MR) is 142 cm³/mol. The number of aromatic nitrogens is 1. The van der Waals surface area contributed by atoms with Crippen molar-refractivity contribution in [2.75, 3.05) is 18.5 Å².